The first-order valence-electron chi connectivity index (χ1n) is 5.19. The van der Waals surface area contributed by atoms with Gasteiger partial charge in [0.1, 0.15) is 5.75 Å². The standard InChI is InChI=1S/C13H16O/c1-14-13-10-6-5-9-12(13)11-7-3-2-4-8-11/h2-3,5-6,9-11H,4,7-8H2,1H3. The fourth-order valence-corrected chi connectivity index (χ4v) is 2.08. The van der Waals surface area contributed by atoms with Crippen molar-refractivity contribution in [2.75, 3.05) is 7.11 Å². The molecule has 1 nitrogen and oxygen atoms in total. The highest BCUT2D eigenvalue weighted by molar-refractivity contribution is 5.36. The van der Waals surface area contributed by atoms with Gasteiger partial charge in [0.15, 0.2) is 0 Å². The van der Waals surface area contributed by atoms with Crippen molar-refractivity contribution in [3.05, 3.63) is 42.0 Å². The Hall–Kier alpha value is -1.24. The lowest BCUT2D eigenvalue weighted by molar-refractivity contribution is 0.403. The number of methoxy groups -OCH3 is 1. The normalized spacial score (nSPS) is 20.8. The minimum absolute atomic E-state index is 0.649. The van der Waals surface area contributed by atoms with Crippen LogP contribution in [-0.2, 0) is 0 Å². The maximum Gasteiger partial charge on any atom is 0.122 e. The van der Waals surface area contributed by atoms with Crippen LogP contribution in [0.5, 0.6) is 5.75 Å². The Morgan fingerprint density at radius 2 is 2.07 bits per heavy atom. The molecule has 0 spiro atoms. The number of allylic oxidation sites excluding steroid dienone is 2. The molecule has 0 aliphatic heterocycles. The molecule has 0 aromatic heterocycles. The smallest absolute Gasteiger partial charge is 0.122 e. The van der Waals surface area contributed by atoms with Crippen molar-refractivity contribution in [3.63, 3.8) is 0 Å². The van der Waals surface area contributed by atoms with Gasteiger partial charge in [-0.05, 0) is 36.8 Å². The number of hydrogen-bond acceptors (Lipinski definition) is 1. The predicted octanol–water partition coefficient (Wildman–Crippen LogP) is 3.52. The highest BCUT2D eigenvalue weighted by atomic mass is 16.5. The zero-order valence-corrected chi connectivity index (χ0v) is 8.57. The van der Waals surface area contributed by atoms with Crippen LogP contribution in [0.25, 0.3) is 0 Å². The van der Waals surface area contributed by atoms with Crippen LogP contribution in [0.1, 0.15) is 30.7 Å². The molecule has 1 unspecified atom stereocenters. The Morgan fingerprint density at radius 3 is 2.79 bits per heavy atom. The second kappa shape index (κ2) is 4.32. The lowest BCUT2D eigenvalue weighted by Gasteiger charge is -2.20. The van der Waals surface area contributed by atoms with Crippen molar-refractivity contribution in [3.8, 4) is 5.75 Å². The largest absolute Gasteiger partial charge is 0.496 e. The van der Waals surface area contributed by atoms with Gasteiger partial charge in [-0.15, -0.1) is 0 Å². The minimum Gasteiger partial charge on any atom is -0.496 e. The molecule has 2 rings (SSSR count). The van der Waals surface area contributed by atoms with Gasteiger partial charge in [-0.3, -0.25) is 0 Å². The first kappa shape index (κ1) is 9.32. The van der Waals surface area contributed by atoms with Crippen molar-refractivity contribution in [2.45, 2.75) is 25.2 Å². The van der Waals surface area contributed by atoms with Crippen molar-refractivity contribution in [1.82, 2.24) is 0 Å². The van der Waals surface area contributed by atoms with E-state index in [0.29, 0.717) is 5.92 Å². The molecule has 0 fully saturated rings. The summed E-state index contributed by atoms with van der Waals surface area (Å²) in [7, 11) is 1.75. The maximum absolute atomic E-state index is 5.37. The maximum atomic E-state index is 5.37. The van der Waals surface area contributed by atoms with Gasteiger partial charge in [0.05, 0.1) is 7.11 Å². The van der Waals surface area contributed by atoms with Gasteiger partial charge in [-0.25, -0.2) is 0 Å². The number of para-hydroxylation sites is 1. The van der Waals surface area contributed by atoms with Crippen LogP contribution in [0.2, 0.25) is 0 Å². The van der Waals surface area contributed by atoms with Crippen molar-refractivity contribution >= 4 is 0 Å². The molecule has 1 aromatic rings. The van der Waals surface area contributed by atoms with Gasteiger partial charge in [-0.2, -0.15) is 0 Å². The fraction of sp³-hybridized carbons (Fsp3) is 0.385. The molecule has 1 aromatic carbocycles. The van der Waals surface area contributed by atoms with E-state index >= 15 is 0 Å². The average Bonchev–Trinajstić information content (AvgIpc) is 2.30. The third-order valence-corrected chi connectivity index (χ3v) is 2.85. The summed E-state index contributed by atoms with van der Waals surface area (Å²) in [6.07, 6.45) is 8.15. The summed E-state index contributed by atoms with van der Waals surface area (Å²) >= 11 is 0. The van der Waals surface area contributed by atoms with Gasteiger partial charge in [-0.1, -0.05) is 30.4 Å². The third-order valence-electron chi connectivity index (χ3n) is 2.85. The molecule has 0 saturated heterocycles. The Bertz CT molecular complexity index is 328. The molecule has 1 aliphatic rings. The van der Waals surface area contributed by atoms with Crippen molar-refractivity contribution in [1.29, 1.82) is 0 Å². The Morgan fingerprint density at radius 1 is 1.21 bits per heavy atom. The molecule has 74 valence electrons. The van der Waals surface area contributed by atoms with E-state index in [9.17, 15) is 0 Å². The van der Waals surface area contributed by atoms with Crippen LogP contribution < -0.4 is 4.74 Å². The van der Waals surface area contributed by atoms with E-state index in [-0.39, 0.29) is 0 Å². The molecule has 1 aliphatic carbocycles. The highest BCUT2D eigenvalue weighted by Gasteiger charge is 2.15. The van der Waals surface area contributed by atoms with Gasteiger partial charge >= 0.3 is 0 Å². The topological polar surface area (TPSA) is 9.23 Å². The van der Waals surface area contributed by atoms with Crippen molar-refractivity contribution in [2.24, 2.45) is 0 Å². The zero-order chi connectivity index (χ0) is 9.80. The van der Waals surface area contributed by atoms with Crippen LogP contribution in [-0.4, -0.2) is 7.11 Å². The first-order valence-corrected chi connectivity index (χ1v) is 5.19. The molecule has 1 heteroatoms. The highest BCUT2D eigenvalue weighted by Crippen LogP contribution is 2.34. The molecular weight excluding hydrogens is 172 g/mol. The quantitative estimate of drug-likeness (QED) is 0.645. The van der Waals surface area contributed by atoms with Crippen LogP contribution in [0, 0.1) is 0 Å². The van der Waals surface area contributed by atoms with Gasteiger partial charge in [0.25, 0.3) is 0 Å². The molecule has 0 heterocycles. The van der Waals surface area contributed by atoms with E-state index in [1.54, 1.807) is 7.11 Å². The number of rotatable bonds is 2. The summed E-state index contributed by atoms with van der Waals surface area (Å²) in [5.41, 5.74) is 1.36. The number of hydrogen-bond donors (Lipinski definition) is 0. The molecule has 0 saturated carbocycles. The van der Waals surface area contributed by atoms with Gasteiger partial charge in [0, 0.05) is 0 Å². The molecule has 1 atom stereocenters. The lowest BCUT2D eigenvalue weighted by atomic mass is 9.87. The van der Waals surface area contributed by atoms with Crippen LogP contribution in [0.3, 0.4) is 0 Å². The summed E-state index contributed by atoms with van der Waals surface area (Å²) in [5.74, 6) is 1.68. The monoisotopic (exact) mass is 188 g/mol. The summed E-state index contributed by atoms with van der Waals surface area (Å²) in [6, 6.07) is 8.35. The summed E-state index contributed by atoms with van der Waals surface area (Å²) in [6.45, 7) is 0. The molecule has 0 amide bonds. The molecule has 0 radical (unpaired) electrons. The van der Waals surface area contributed by atoms with Gasteiger partial charge in [0.2, 0.25) is 0 Å². The van der Waals surface area contributed by atoms with E-state index < -0.39 is 0 Å². The van der Waals surface area contributed by atoms with Crippen LogP contribution in [0.4, 0.5) is 0 Å². The molecule has 0 bridgehead atoms. The molecular formula is C13H16O. The minimum atomic E-state index is 0.649. The zero-order valence-electron chi connectivity index (χ0n) is 8.57. The van der Waals surface area contributed by atoms with Gasteiger partial charge < -0.3 is 4.74 Å². The second-order valence-electron chi connectivity index (χ2n) is 3.72. The lowest BCUT2D eigenvalue weighted by Crippen LogP contribution is -2.02. The van der Waals surface area contributed by atoms with E-state index in [4.69, 9.17) is 4.74 Å². The SMILES string of the molecule is COc1ccccc1C1CC=CCC1. The first-order chi connectivity index (χ1) is 6.92. The second-order valence-corrected chi connectivity index (χ2v) is 3.72. The Labute approximate surface area is 85.4 Å². The van der Waals surface area contributed by atoms with Crippen LogP contribution in [0.15, 0.2) is 36.4 Å². The Kier molecular flexibility index (Phi) is 2.87. The van der Waals surface area contributed by atoms with E-state index in [1.165, 1.54) is 18.4 Å². The van der Waals surface area contributed by atoms with E-state index in [1.807, 2.05) is 12.1 Å². The predicted molar refractivity (Wildman–Crippen MR) is 58.7 cm³/mol. The fourth-order valence-electron chi connectivity index (χ4n) is 2.08. The molecule has 14 heavy (non-hydrogen) atoms. The van der Waals surface area contributed by atoms with E-state index in [0.717, 1.165) is 12.2 Å². The Balaban J connectivity index is 2.25. The van der Waals surface area contributed by atoms with Crippen molar-refractivity contribution < 1.29 is 4.74 Å². The van der Waals surface area contributed by atoms with E-state index in [2.05, 4.69) is 24.3 Å². The van der Waals surface area contributed by atoms with Crippen LogP contribution >= 0.6 is 0 Å². The molecule has 0 N–H and O–H groups in total. The number of benzene rings is 1. The number of ether oxygens (including phenoxy) is 1. The summed E-state index contributed by atoms with van der Waals surface area (Å²) in [5, 5.41) is 0. The summed E-state index contributed by atoms with van der Waals surface area (Å²) in [4.78, 5) is 0. The third kappa shape index (κ3) is 1.82. The average molecular weight is 188 g/mol. The summed E-state index contributed by atoms with van der Waals surface area (Å²) < 4.78 is 5.37.